The fourth-order valence-corrected chi connectivity index (χ4v) is 4.20. The van der Waals surface area contributed by atoms with E-state index in [0.29, 0.717) is 0 Å². The second-order valence-corrected chi connectivity index (χ2v) is 7.65. The molecule has 4 rings (SSSR count). The quantitative estimate of drug-likeness (QED) is 0.925. The van der Waals surface area contributed by atoms with Gasteiger partial charge in [0.15, 0.2) is 5.82 Å². The van der Waals surface area contributed by atoms with Crippen molar-refractivity contribution in [2.75, 3.05) is 19.6 Å². The highest BCUT2D eigenvalue weighted by molar-refractivity contribution is 5.83. The fourth-order valence-electron chi connectivity index (χ4n) is 4.20. The van der Waals surface area contributed by atoms with Crippen molar-refractivity contribution in [1.29, 1.82) is 0 Å². The second kappa shape index (κ2) is 7.16. The van der Waals surface area contributed by atoms with E-state index in [0.717, 1.165) is 68.8 Å². The van der Waals surface area contributed by atoms with Crippen molar-refractivity contribution < 1.29 is 4.79 Å². The third-order valence-electron chi connectivity index (χ3n) is 5.91. The number of aryl methyl sites for hydroxylation is 1. The van der Waals surface area contributed by atoms with Crippen LogP contribution in [0.5, 0.6) is 0 Å². The molecule has 0 bridgehead atoms. The van der Waals surface area contributed by atoms with Gasteiger partial charge < -0.3 is 5.32 Å². The smallest absolute Gasteiger partial charge is 0.226 e. The molecular weight excluding hydrogens is 324 g/mol. The Balaban J connectivity index is 1.38. The maximum absolute atomic E-state index is 12.3. The van der Waals surface area contributed by atoms with E-state index in [-0.39, 0.29) is 11.3 Å². The van der Waals surface area contributed by atoms with Crippen LogP contribution in [0, 0.1) is 12.3 Å². The second-order valence-electron chi connectivity index (χ2n) is 7.65. The van der Waals surface area contributed by atoms with E-state index < -0.39 is 0 Å². The molecule has 2 saturated heterocycles. The molecule has 136 valence electrons. The Morgan fingerprint density at radius 3 is 2.54 bits per heavy atom. The van der Waals surface area contributed by atoms with Crippen molar-refractivity contribution in [1.82, 2.24) is 20.2 Å². The first-order valence-corrected chi connectivity index (χ1v) is 9.54. The molecular formula is C21H26N4O. The number of nitrogens with zero attached hydrogens (tertiary/aromatic N) is 3. The summed E-state index contributed by atoms with van der Waals surface area (Å²) in [7, 11) is 0. The lowest BCUT2D eigenvalue weighted by molar-refractivity contribution is -0.136. The van der Waals surface area contributed by atoms with E-state index in [4.69, 9.17) is 0 Å². The van der Waals surface area contributed by atoms with Gasteiger partial charge in [0.05, 0.1) is 5.41 Å². The summed E-state index contributed by atoms with van der Waals surface area (Å²) in [6, 6.07) is 8.19. The lowest BCUT2D eigenvalue weighted by atomic mass is 9.72. The van der Waals surface area contributed by atoms with Crippen LogP contribution in [0.2, 0.25) is 0 Å². The van der Waals surface area contributed by atoms with E-state index in [1.165, 1.54) is 5.56 Å². The molecule has 1 amide bonds. The van der Waals surface area contributed by atoms with Crippen molar-refractivity contribution >= 4 is 5.91 Å². The molecule has 0 saturated carbocycles. The molecule has 0 atom stereocenters. The van der Waals surface area contributed by atoms with Crippen molar-refractivity contribution in [3.8, 4) is 11.4 Å². The van der Waals surface area contributed by atoms with Crippen LogP contribution in [-0.2, 0) is 11.3 Å². The summed E-state index contributed by atoms with van der Waals surface area (Å²) < 4.78 is 0. The summed E-state index contributed by atoms with van der Waals surface area (Å²) in [6.45, 7) is 5.71. The van der Waals surface area contributed by atoms with Gasteiger partial charge in [-0.2, -0.15) is 0 Å². The molecule has 5 heteroatoms. The van der Waals surface area contributed by atoms with E-state index >= 15 is 0 Å². The third kappa shape index (κ3) is 3.36. The molecule has 3 heterocycles. The van der Waals surface area contributed by atoms with Gasteiger partial charge in [0.2, 0.25) is 5.91 Å². The number of rotatable bonds is 3. The number of piperidine rings is 2. The topological polar surface area (TPSA) is 58.1 Å². The standard InChI is InChI=1S/C21H26N4O/c1-16-5-2-3-6-18(16)19-23-13-17(14-24-19)15-25-11-8-21(9-12-25)7-4-10-22-20(21)26/h2-3,5-6,13-14H,4,7-12,15H2,1H3,(H,22,26). The first-order chi connectivity index (χ1) is 12.7. The van der Waals surface area contributed by atoms with Crippen LogP contribution in [-0.4, -0.2) is 40.4 Å². The Labute approximate surface area is 154 Å². The summed E-state index contributed by atoms with van der Waals surface area (Å²) >= 11 is 0. The number of aromatic nitrogens is 2. The van der Waals surface area contributed by atoms with Crippen LogP contribution in [0.3, 0.4) is 0 Å². The molecule has 0 radical (unpaired) electrons. The summed E-state index contributed by atoms with van der Waals surface area (Å²) in [5.41, 5.74) is 3.29. The zero-order chi connectivity index (χ0) is 18.0. The number of hydrogen-bond donors (Lipinski definition) is 1. The molecule has 26 heavy (non-hydrogen) atoms. The number of carbonyl (C=O) groups excluding carboxylic acids is 1. The predicted molar refractivity (Wildman–Crippen MR) is 101 cm³/mol. The van der Waals surface area contributed by atoms with Gasteiger partial charge in [0.25, 0.3) is 0 Å². The van der Waals surface area contributed by atoms with E-state index in [2.05, 4.69) is 39.2 Å². The van der Waals surface area contributed by atoms with Gasteiger partial charge in [-0.3, -0.25) is 9.69 Å². The molecule has 1 aromatic carbocycles. The lowest BCUT2D eigenvalue weighted by Crippen LogP contribution is -2.51. The average Bonchev–Trinajstić information content (AvgIpc) is 2.67. The van der Waals surface area contributed by atoms with Crippen molar-refractivity contribution in [3.63, 3.8) is 0 Å². The molecule has 2 fully saturated rings. The number of amides is 1. The minimum absolute atomic E-state index is 0.111. The molecule has 0 aliphatic carbocycles. The van der Waals surface area contributed by atoms with Crippen LogP contribution in [0.25, 0.3) is 11.4 Å². The SMILES string of the molecule is Cc1ccccc1-c1ncc(CN2CCC3(CCCNC3=O)CC2)cn1. The van der Waals surface area contributed by atoms with Crippen LogP contribution in [0.1, 0.15) is 36.8 Å². The zero-order valence-electron chi connectivity index (χ0n) is 15.4. The highest BCUT2D eigenvalue weighted by Crippen LogP contribution is 2.38. The number of hydrogen-bond acceptors (Lipinski definition) is 4. The number of likely N-dealkylation sites (tertiary alicyclic amines) is 1. The molecule has 0 unspecified atom stereocenters. The minimum Gasteiger partial charge on any atom is -0.356 e. The van der Waals surface area contributed by atoms with Gasteiger partial charge in [0, 0.05) is 36.6 Å². The normalized spacial score (nSPS) is 20.1. The Morgan fingerprint density at radius 1 is 1.12 bits per heavy atom. The largest absolute Gasteiger partial charge is 0.356 e. The van der Waals surface area contributed by atoms with E-state index in [1.807, 2.05) is 24.5 Å². The van der Waals surface area contributed by atoms with Crippen molar-refractivity contribution in [2.45, 2.75) is 39.2 Å². The Morgan fingerprint density at radius 2 is 1.85 bits per heavy atom. The molecule has 2 aromatic rings. The Kier molecular flexibility index (Phi) is 4.72. The molecule has 1 aromatic heterocycles. The molecule has 5 nitrogen and oxygen atoms in total. The molecule has 2 aliphatic rings. The van der Waals surface area contributed by atoms with Gasteiger partial charge >= 0.3 is 0 Å². The maximum Gasteiger partial charge on any atom is 0.226 e. The van der Waals surface area contributed by atoms with Crippen LogP contribution in [0.4, 0.5) is 0 Å². The van der Waals surface area contributed by atoms with Gasteiger partial charge in [0.1, 0.15) is 0 Å². The zero-order valence-corrected chi connectivity index (χ0v) is 15.4. The summed E-state index contributed by atoms with van der Waals surface area (Å²) in [6.07, 6.45) is 7.95. The van der Waals surface area contributed by atoms with Gasteiger partial charge in [-0.25, -0.2) is 9.97 Å². The minimum atomic E-state index is -0.111. The number of benzene rings is 1. The first kappa shape index (κ1) is 17.2. The Hall–Kier alpha value is -2.27. The van der Waals surface area contributed by atoms with Gasteiger partial charge in [-0.15, -0.1) is 0 Å². The summed E-state index contributed by atoms with van der Waals surface area (Å²) in [5.74, 6) is 1.05. The first-order valence-electron chi connectivity index (χ1n) is 9.54. The average molecular weight is 350 g/mol. The summed E-state index contributed by atoms with van der Waals surface area (Å²) in [5, 5.41) is 3.06. The molecule has 1 N–H and O–H groups in total. The fraction of sp³-hybridized carbons (Fsp3) is 0.476. The molecule has 2 aliphatic heterocycles. The lowest BCUT2D eigenvalue weighted by Gasteiger charge is -2.42. The van der Waals surface area contributed by atoms with E-state index in [1.54, 1.807) is 0 Å². The number of nitrogens with one attached hydrogen (secondary N) is 1. The Bertz CT molecular complexity index is 779. The third-order valence-corrected chi connectivity index (χ3v) is 5.91. The van der Waals surface area contributed by atoms with Crippen LogP contribution in [0.15, 0.2) is 36.7 Å². The van der Waals surface area contributed by atoms with Crippen LogP contribution >= 0.6 is 0 Å². The van der Waals surface area contributed by atoms with Crippen LogP contribution < -0.4 is 5.32 Å². The monoisotopic (exact) mass is 350 g/mol. The highest BCUT2D eigenvalue weighted by Gasteiger charge is 2.42. The maximum atomic E-state index is 12.3. The predicted octanol–water partition coefficient (Wildman–Crippen LogP) is 2.94. The van der Waals surface area contributed by atoms with Crippen molar-refractivity contribution in [2.24, 2.45) is 5.41 Å². The number of carbonyl (C=O) groups is 1. The summed E-state index contributed by atoms with van der Waals surface area (Å²) in [4.78, 5) is 23.8. The molecule has 1 spiro atoms. The highest BCUT2D eigenvalue weighted by atomic mass is 16.2. The van der Waals surface area contributed by atoms with Gasteiger partial charge in [-0.05, 0) is 51.3 Å². The van der Waals surface area contributed by atoms with Gasteiger partial charge in [-0.1, -0.05) is 24.3 Å². The van der Waals surface area contributed by atoms with E-state index in [9.17, 15) is 4.79 Å². The van der Waals surface area contributed by atoms with Crippen molar-refractivity contribution in [3.05, 3.63) is 47.8 Å².